The second-order valence-electron chi connectivity index (χ2n) is 3.02. The second-order valence-corrected chi connectivity index (χ2v) is 3.02. The number of H-pyrrole nitrogens is 1. The van der Waals surface area contributed by atoms with Crippen LogP contribution in [0.1, 0.15) is 11.1 Å². The Balaban J connectivity index is 2.58. The number of hydrogen-bond donors (Lipinski definition) is 1. The lowest BCUT2D eigenvalue weighted by atomic mass is 10.2. The summed E-state index contributed by atoms with van der Waals surface area (Å²) in [5.41, 5.74) is 0.407. The van der Waals surface area contributed by atoms with Crippen molar-refractivity contribution in [2.75, 3.05) is 0 Å². The van der Waals surface area contributed by atoms with E-state index in [1.54, 1.807) is 12.1 Å². The third-order valence-electron chi connectivity index (χ3n) is 2.00. The van der Waals surface area contributed by atoms with Crippen LogP contribution in [0.15, 0.2) is 27.7 Å². The molecule has 0 aromatic carbocycles. The topological polar surface area (TPSA) is 82.7 Å². The summed E-state index contributed by atoms with van der Waals surface area (Å²) in [4.78, 5) is 17.7. The highest BCUT2D eigenvalue weighted by Crippen LogP contribution is 2.18. The van der Waals surface area contributed by atoms with Crippen molar-refractivity contribution < 1.29 is 4.42 Å². The predicted molar refractivity (Wildman–Crippen MR) is 52.0 cm³/mol. The van der Waals surface area contributed by atoms with Gasteiger partial charge in [-0.25, -0.2) is 4.98 Å². The lowest BCUT2D eigenvalue weighted by Crippen LogP contribution is -2.12. The Bertz CT molecular complexity index is 589. The molecular formula is C10H7N3O2. The summed E-state index contributed by atoms with van der Waals surface area (Å²) in [6.07, 6.45) is 2.75. The van der Waals surface area contributed by atoms with E-state index in [4.69, 9.17) is 9.68 Å². The van der Waals surface area contributed by atoms with E-state index in [9.17, 15) is 4.79 Å². The van der Waals surface area contributed by atoms with Gasteiger partial charge in [-0.1, -0.05) is 0 Å². The van der Waals surface area contributed by atoms with Crippen molar-refractivity contribution in [3.8, 4) is 17.7 Å². The zero-order valence-electron chi connectivity index (χ0n) is 7.94. The Hall–Kier alpha value is -2.35. The van der Waals surface area contributed by atoms with Crippen LogP contribution in [0.4, 0.5) is 0 Å². The molecule has 5 nitrogen and oxygen atoms in total. The highest BCUT2D eigenvalue weighted by molar-refractivity contribution is 5.51. The number of aromatic nitrogens is 2. The molecule has 15 heavy (non-hydrogen) atoms. The molecule has 0 aliphatic heterocycles. The fraction of sp³-hybridized carbons (Fsp3) is 0.100. The molecule has 0 unspecified atom stereocenters. The van der Waals surface area contributed by atoms with Crippen LogP contribution >= 0.6 is 0 Å². The number of furan rings is 1. The number of nitrogens with one attached hydrogen (secondary N) is 1. The molecular weight excluding hydrogens is 194 g/mol. The van der Waals surface area contributed by atoms with Gasteiger partial charge in [0.2, 0.25) is 0 Å². The van der Waals surface area contributed by atoms with Crippen LogP contribution in [0.25, 0.3) is 11.6 Å². The summed E-state index contributed by atoms with van der Waals surface area (Å²) in [5, 5.41) is 8.56. The van der Waals surface area contributed by atoms with Crippen LogP contribution in [-0.4, -0.2) is 9.97 Å². The van der Waals surface area contributed by atoms with Gasteiger partial charge in [0.15, 0.2) is 11.6 Å². The number of rotatable bonds is 1. The molecule has 0 spiro atoms. The molecule has 0 aliphatic rings. The van der Waals surface area contributed by atoms with E-state index >= 15 is 0 Å². The average molecular weight is 201 g/mol. The van der Waals surface area contributed by atoms with Crippen molar-refractivity contribution in [2.24, 2.45) is 0 Å². The Labute approximate surface area is 85.0 Å². The molecule has 5 heteroatoms. The Morgan fingerprint density at radius 3 is 2.93 bits per heavy atom. The first-order chi connectivity index (χ1) is 7.22. The molecule has 0 fully saturated rings. The summed E-state index contributed by atoms with van der Waals surface area (Å²) < 4.78 is 5.16. The molecule has 0 amide bonds. The largest absolute Gasteiger partial charge is 0.461 e. The first kappa shape index (κ1) is 9.21. The standard InChI is InChI=1S/C10H7N3O2/c1-6-2-3-15-8(6)9-12-5-7(4-11)10(14)13-9/h2-3,5H,1H3,(H,12,13,14). The van der Waals surface area contributed by atoms with Crippen molar-refractivity contribution in [3.05, 3.63) is 40.0 Å². The maximum absolute atomic E-state index is 11.3. The molecule has 0 saturated heterocycles. The van der Waals surface area contributed by atoms with Crippen LogP contribution in [0.3, 0.4) is 0 Å². The Morgan fingerprint density at radius 1 is 1.60 bits per heavy atom. The number of nitrogens with zero attached hydrogens (tertiary/aromatic N) is 2. The second kappa shape index (κ2) is 3.42. The monoisotopic (exact) mass is 201 g/mol. The van der Waals surface area contributed by atoms with Gasteiger partial charge in [0, 0.05) is 0 Å². The van der Waals surface area contributed by atoms with E-state index in [0.717, 1.165) is 5.56 Å². The third kappa shape index (κ3) is 1.53. The Morgan fingerprint density at radius 2 is 2.40 bits per heavy atom. The first-order valence-electron chi connectivity index (χ1n) is 4.26. The van der Waals surface area contributed by atoms with E-state index < -0.39 is 5.56 Å². The average Bonchev–Trinajstić information content (AvgIpc) is 2.64. The van der Waals surface area contributed by atoms with Gasteiger partial charge in [0.1, 0.15) is 11.6 Å². The summed E-state index contributed by atoms with van der Waals surface area (Å²) >= 11 is 0. The highest BCUT2D eigenvalue weighted by Gasteiger charge is 2.09. The number of hydrogen-bond acceptors (Lipinski definition) is 4. The lowest BCUT2D eigenvalue weighted by Gasteiger charge is -1.97. The van der Waals surface area contributed by atoms with Crippen molar-refractivity contribution in [3.63, 3.8) is 0 Å². The maximum Gasteiger partial charge on any atom is 0.269 e. The SMILES string of the molecule is Cc1ccoc1-c1ncc(C#N)c(=O)[nH]1. The van der Waals surface area contributed by atoms with Gasteiger partial charge in [0.05, 0.1) is 12.5 Å². The third-order valence-corrected chi connectivity index (χ3v) is 2.00. The normalized spacial score (nSPS) is 9.87. The minimum Gasteiger partial charge on any atom is -0.461 e. The van der Waals surface area contributed by atoms with E-state index in [1.165, 1.54) is 12.5 Å². The van der Waals surface area contributed by atoms with Gasteiger partial charge < -0.3 is 9.40 Å². The number of aryl methyl sites for hydroxylation is 1. The Kier molecular flexibility index (Phi) is 2.10. The van der Waals surface area contributed by atoms with E-state index in [1.807, 2.05) is 6.92 Å². The zero-order chi connectivity index (χ0) is 10.8. The fourth-order valence-electron chi connectivity index (χ4n) is 1.21. The van der Waals surface area contributed by atoms with Gasteiger partial charge in [-0.15, -0.1) is 0 Å². The molecule has 2 aromatic heterocycles. The molecule has 0 bridgehead atoms. The molecule has 0 atom stereocenters. The fourth-order valence-corrected chi connectivity index (χ4v) is 1.21. The molecule has 0 aliphatic carbocycles. The van der Waals surface area contributed by atoms with Crippen LogP contribution in [0, 0.1) is 18.3 Å². The number of nitriles is 1. The predicted octanol–water partition coefficient (Wildman–Crippen LogP) is 1.21. The highest BCUT2D eigenvalue weighted by atomic mass is 16.3. The minimum atomic E-state index is -0.460. The van der Waals surface area contributed by atoms with Gasteiger partial charge >= 0.3 is 0 Å². The lowest BCUT2D eigenvalue weighted by molar-refractivity contribution is 0.575. The van der Waals surface area contributed by atoms with Crippen LogP contribution in [-0.2, 0) is 0 Å². The smallest absolute Gasteiger partial charge is 0.269 e. The summed E-state index contributed by atoms with van der Waals surface area (Å²) in [6, 6.07) is 3.52. The van der Waals surface area contributed by atoms with Crippen molar-refractivity contribution in [2.45, 2.75) is 6.92 Å². The van der Waals surface area contributed by atoms with Crippen LogP contribution in [0.5, 0.6) is 0 Å². The van der Waals surface area contributed by atoms with Gasteiger partial charge in [-0.2, -0.15) is 5.26 Å². The number of aromatic amines is 1. The van der Waals surface area contributed by atoms with Crippen LogP contribution in [0.2, 0.25) is 0 Å². The zero-order valence-corrected chi connectivity index (χ0v) is 7.94. The van der Waals surface area contributed by atoms with Gasteiger partial charge in [-0.3, -0.25) is 4.79 Å². The molecule has 2 aromatic rings. The molecule has 74 valence electrons. The van der Waals surface area contributed by atoms with E-state index in [0.29, 0.717) is 11.6 Å². The van der Waals surface area contributed by atoms with Gasteiger partial charge in [-0.05, 0) is 18.6 Å². The molecule has 2 heterocycles. The van der Waals surface area contributed by atoms with E-state index in [-0.39, 0.29) is 5.56 Å². The van der Waals surface area contributed by atoms with Crippen molar-refractivity contribution in [1.82, 2.24) is 9.97 Å². The summed E-state index contributed by atoms with van der Waals surface area (Å²) in [7, 11) is 0. The van der Waals surface area contributed by atoms with Crippen molar-refractivity contribution >= 4 is 0 Å². The van der Waals surface area contributed by atoms with Crippen molar-refractivity contribution in [1.29, 1.82) is 5.26 Å². The first-order valence-corrected chi connectivity index (χ1v) is 4.26. The minimum absolute atomic E-state index is 0.0111. The quantitative estimate of drug-likeness (QED) is 0.751. The molecule has 2 rings (SSSR count). The van der Waals surface area contributed by atoms with Crippen LogP contribution < -0.4 is 5.56 Å². The summed E-state index contributed by atoms with van der Waals surface area (Å²) in [5.74, 6) is 0.845. The summed E-state index contributed by atoms with van der Waals surface area (Å²) in [6.45, 7) is 1.84. The maximum atomic E-state index is 11.3. The van der Waals surface area contributed by atoms with Gasteiger partial charge in [0.25, 0.3) is 5.56 Å². The van der Waals surface area contributed by atoms with E-state index in [2.05, 4.69) is 9.97 Å². The molecule has 0 saturated carbocycles. The molecule has 1 N–H and O–H groups in total. The molecule has 0 radical (unpaired) electrons.